The molecule has 86 valence electrons. The highest BCUT2D eigenvalue weighted by atomic mass is 14.4. The van der Waals surface area contributed by atoms with E-state index in [4.69, 9.17) is 21.6 Å². The van der Waals surface area contributed by atoms with E-state index in [1.165, 1.54) is 12.4 Å². The van der Waals surface area contributed by atoms with Crippen LogP contribution >= 0.6 is 0 Å². The van der Waals surface area contributed by atoms with E-state index >= 15 is 0 Å². The van der Waals surface area contributed by atoms with Gasteiger partial charge in [0.15, 0.2) is 0 Å². The maximum Gasteiger partial charge on any atom is 0.0304 e. The molecule has 0 heterocycles. The predicted molar refractivity (Wildman–Crippen MR) is 67.7 cm³/mol. The molecule has 0 aromatic heterocycles. The molecule has 0 atom stereocenters. The predicted octanol–water partition coefficient (Wildman–Crippen LogP) is 2.98. The van der Waals surface area contributed by atoms with Crippen molar-refractivity contribution in [3.05, 3.63) is 11.1 Å². The van der Waals surface area contributed by atoms with Crippen LogP contribution in [0.25, 0.3) is 0 Å². The lowest BCUT2D eigenvalue weighted by Crippen LogP contribution is -1.88. The first-order valence-electron chi connectivity index (χ1n) is 5.36. The van der Waals surface area contributed by atoms with Gasteiger partial charge in [-0.15, -0.1) is 0 Å². The normalized spacial score (nSPS) is 8.75. The first-order valence-corrected chi connectivity index (χ1v) is 5.36. The van der Waals surface area contributed by atoms with Gasteiger partial charge in [-0.25, -0.2) is 0 Å². The third kappa shape index (κ3) is 6.66. The summed E-state index contributed by atoms with van der Waals surface area (Å²) in [5, 5.41) is 27.7. The van der Waals surface area contributed by atoms with Crippen LogP contribution < -0.4 is 0 Å². The standard InChI is InChI=1S/C12H18N4/c13-7-11(8-14)5-3-1-2-4-6-12(9-15)10-16/h7,9,13-16H,1-6H2. The molecule has 0 aromatic rings. The molecular weight excluding hydrogens is 200 g/mol. The fourth-order valence-electron chi connectivity index (χ4n) is 1.33. The van der Waals surface area contributed by atoms with Crippen LogP contribution in [0.15, 0.2) is 11.1 Å². The Hall–Kier alpha value is -1.76. The molecule has 0 aliphatic rings. The Morgan fingerprint density at radius 1 is 0.750 bits per heavy atom. The number of unbranched alkanes of at least 4 members (excludes halogenated alkanes) is 3. The van der Waals surface area contributed by atoms with Gasteiger partial charge in [0.1, 0.15) is 0 Å². The van der Waals surface area contributed by atoms with E-state index in [1.54, 1.807) is 0 Å². The van der Waals surface area contributed by atoms with Crippen LogP contribution in [0.4, 0.5) is 0 Å². The molecular formula is C12H18N4. The van der Waals surface area contributed by atoms with E-state index in [2.05, 4.69) is 11.7 Å². The molecule has 0 unspecified atom stereocenters. The van der Waals surface area contributed by atoms with Gasteiger partial charge in [0.05, 0.1) is 0 Å². The molecule has 0 aliphatic carbocycles. The molecule has 0 amide bonds. The van der Waals surface area contributed by atoms with Crippen LogP contribution in [0.5, 0.6) is 0 Å². The second-order valence-corrected chi connectivity index (χ2v) is 3.50. The van der Waals surface area contributed by atoms with Crippen molar-refractivity contribution in [3.8, 4) is 0 Å². The van der Waals surface area contributed by atoms with Gasteiger partial charge in [-0.1, -0.05) is 12.8 Å². The quantitative estimate of drug-likeness (QED) is 0.338. The Morgan fingerprint density at radius 2 is 1.12 bits per heavy atom. The molecule has 4 heteroatoms. The van der Waals surface area contributed by atoms with Crippen molar-refractivity contribution in [1.29, 1.82) is 21.6 Å². The summed E-state index contributed by atoms with van der Waals surface area (Å²) in [4.78, 5) is 0. The minimum absolute atomic E-state index is 0.638. The van der Waals surface area contributed by atoms with Crippen LogP contribution in [-0.2, 0) is 0 Å². The number of rotatable bonds is 9. The molecule has 0 spiro atoms. The molecule has 4 nitrogen and oxygen atoms in total. The SMILES string of the molecule is N=C=C(C=N)CCCCCCC(=C=N)C=N. The topological polar surface area (TPSA) is 95.4 Å². The molecule has 0 radical (unpaired) electrons. The molecule has 0 aromatic carbocycles. The van der Waals surface area contributed by atoms with Gasteiger partial charge in [0.25, 0.3) is 0 Å². The molecule has 4 N–H and O–H groups in total. The van der Waals surface area contributed by atoms with E-state index in [0.29, 0.717) is 11.1 Å². The zero-order chi connectivity index (χ0) is 12.2. The highest BCUT2D eigenvalue weighted by Crippen LogP contribution is 2.10. The first kappa shape index (κ1) is 14.2. The van der Waals surface area contributed by atoms with Crippen molar-refractivity contribution in [1.82, 2.24) is 0 Å². The van der Waals surface area contributed by atoms with E-state index in [0.717, 1.165) is 38.5 Å². The Morgan fingerprint density at radius 3 is 1.38 bits per heavy atom. The molecule has 0 saturated heterocycles. The van der Waals surface area contributed by atoms with Crippen LogP contribution in [0.3, 0.4) is 0 Å². The van der Waals surface area contributed by atoms with E-state index in [-0.39, 0.29) is 0 Å². The van der Waals surface area contributed by atoms with Crippen molar-refractivity contribution < 1.29 is 0 Å². The van der Waals surface area contributed by atoms with Gasteiger partial charge in [-0.05, 0) is 37.4 Å². The van der Waals surface area contributed by atoms with Gasteiger partial charge in [0, 0.05) is 23.6 Å². The summed E-state index contributed by atoms with van der Waals surface area (Å²) < 4.78 is 0. The van der Waals surface area contributed by atoms with Gasteiger partial charge in [-0.2, -0.15) is 0 Å². The summed E-state index contributed by atoms with van der Waals surface area (Å²) in [5.41, 5.74) is 1.28. The second-order valence-electron chi connectivity index (χ2n) is 3.50. The highest BCUT2D eigenvalue weighted by Gasteiger charge is 1.96. The van der Waals surface area contributed by atoms with Crippen LogP contribution in [0.1, 0.15) is 38.5 Å². The Bertz CT molecular complexity index is 297. The summed E-state index contributed by atoms with van der Waals surface area (Å²) >= 11 is 0. The Labute approximate surface area is 96.1 Å². The molecule has 0 saturated carbocycles. The fraction of sp³-hybridized carbons (Fsp3) is 0.500. The number of hydrogen-bond donors (Lipinski definition) is 4. The minimum Gasteiger partial charge on any atom is -0.308 e. The van der Waals surface area contributed by atoms with E-state index in [9.17, 15) is 0 Å². The largest absolute Gasteiger partial charge is 0.308 e. The van der Waals surface area contributed by atoms with E-state index in [1.807, 2.05) is 0 Å². The minimum atomic E-state index is 0.638. The first-order chi connectivity index (χ1) is 7.78. The maximum absolute atomic E-state index is 6.98. The molecule has 0 fully saturated rings. The molecule has 0 bridgehead atoms. The smallest absolute Gasteiger partial charge is 0.0304 e. The Balaban J connectivity index is 3.55. The third-order valence-electron chi connectivity index (χ3n) is 2.31. The van der Waals surface area contributed by atoms with E-state index < -0.39 is 0 Å². The second kappa shape index (κ2) is 9.78. The van der Waals surface area contributed by atoms with Crippen molar-refractivity contribution in [3.63, 3.8) is 0 Å². The van der Waals surface area contributed by atoms with Crippen LogP contribution in [0, 0.1) is 21.6 Å². The monoisotopic (exact) mass is 218 g/mol. The highest BCUT2D eigenvalue weighted by molar-refractivity contribution is 5.88. The number of allylic oxidation sites excluding steroid dienone is 2. The van der Waals surface area contributed by atoms with Crippen LogP contribution in [-0.4, -0.2) is 24.2 Å². The summed E-state index contributed by atoms with van der Waals surface area (Å²) in [6.07, 6.45) is 7.85. The summed E-state index contributed by atoms with van der Waals surface area (Å²) in [5.74, 6) is 4.47. The van der Waals surface area contributed by atoms with Gasteiger partial charge < -0.3 is 10.8 Å². The molecule has 0 rings (SSSR count). The zero-order valence-corrected chi connectivity index (χ0v) is 9.40. The summed E-state index contributed by atoms with van der Waals surface area (Å²) in [7, 11) is 0. The lowest BCUT2D eigenvalue weighted by molar-refractivity contribution is 0.648. The zero-order valence-electron chi connectivity index (χ0n) is 9.40. The molecule has 0 aliphatic heterocycles. The lowest BCUT2D eigenvalue weighted by Gasteiger charge is -2.00. The molecule has 16 heavy (non-hydrogen) atoms. The number of nitrogens with one attached hydrogen (secondary N) is 4. The van der Waals surface area contributed by atoms with Crippen molar-refractivity contribution in [2.45, 2.75) is 38.5 Å². The maximum atomic E-state index is 6.98. The van der Waals surface area contributed by atoms with Crippen molar-refractivity contribution >= 4 is 24.2 Å². The number of hydrogen-bond acceptors (Lipinski definition) is 4. The lowest BCUT2D eigenvalue weighted by atomic mass is 10.1. The fourth-order valence-corrected chi connectivity index (χ4v) is 1.33. The third-order valence-corrected chi connectivity index (χ3v) is 2.31. The Kier molecular flexibility index (Phi) is 8.71. The average molecular weight is 218 g/mol. The van der Waals surface area contributed by atoms with Crippen molar-refractivity contribution in [2.24, 2.45) is 0 Å². The van der Waals surface area contributed by atoms with Gasteiger partial charge >= 0.3 is 0 Å². The van der Waals surface area contributed by atoms with Crippen LogP contribution in [0.2, 0.25) is 0 Å². The average Bonchev–Trinajstić information content (AvgIpc) is 2.33. The van der Waals surface area contributed by atoms with Gasteiger partial charge in [-0.3, -0.25) is 10.8 Å². The summed E-state index contributed by atoms with van der Waals surface area (Å²) in [6.45, 7) is 0. The summed E-state index contributed by atoms with van der Waals surface area (Å²) in [6, 6.07) is 0. The van der Waals surface area contributed by atoms with Crippen molar-refractivity contribution in [2.75, 3.05) is 0 Å². The van der Waals surface area contributed by atoms with Gasteiger partial charge in [0.2, 0.25) is 0 Å².